The van der Waals surface area contributed by atoms with Crippen LogP contribution in [0.15, 0.2) is 30.5 Å². The predicted molar refractivity (Wildman–Crippen MR) is 102 cm³/mol. The Labute approximate surface area is 155 Å². The number of halogens is 1. The summed E-state index contributed by atoms with van der Waals surface area (Å²) in [4.78, 5) is 6.94. The molecule has 0 amide bonds. The molecule has 2 bridgehead atoms. The molecular weight excluding hydrogens is 336 g/mol. The molecular formula is C20H27ClN2O2. The summed E-state index contributed by atoms with van der Waals surface area (Å²) in [5.74, 6) is 2.37. The van der Waals surface area contributed by atoms with Gasteiger partial charge in [0.2, 0.25) is 0 Å². The van der Waals surface area contributed by atoms with Gasteiger partial charge in [0.25, 0.3) is 0 Å². The van der Waals surface area contributed by atoms with Crippen LogP contribution in [0.2, 0.25) is 0 Å². The van der Waals surface area contributed by atoms with E-state index in [-0.39, 0.29) is 18.4 Å². The smallest absolute Gasteiger partial charge is 0.119 e. The van der Waals surface area contributed by atoms with Gasteiger partial charge in [-0.1, -0.05) is 13.3 Å². The Morgan fingerprint density at radius 3 is 2.88 bits per heavy atom. The summed E-state index contributed by atoms with van der Waals surface area (Å²) >= 11 is 0. The molecule has 4 nitrogen and oxygen atoms in total. The summed E-state index contributed by atoms with van der Waals surface area (Å²) in [6.45, 7) is 4.55. The molecule has 5 rings (SSSR count). The summed E-state index contributed by atoms with van der Waals surface area (Å²) < 4.78 is 5.36. The molecule has 5 atom stereocenters. The molecule has 4 heterocycles. The first-order chi connectivity index (χ1) is 11.7. The zero-order valence-corrected chi connectivity index (χ0v) is 15.7. The van der Waals surface area contributed by atoms with E-state index in [4.69, 9.17) is 4.74 Å². The van der Waals surface area contributed by atoms with Gasteiger partial charge in [0, 0.05) is 24.2 Å². The highest BCUT2D eigenvalue weighted by Gasteiger charge is 2.42. The van der Waals surface area contributed by atoms with Crippen molar-refractivity contribution in [2.45, 2.75) is 38.3 Å². The summed E-state index contributed by atoms with van der Waals surface area (Å²) in [7, 11) is 1.67. The number of pyridine rings is 1. The monoisotopic (exact) mass is 362 g/mol. The summed E-state index contributed by atoms with van der Waals surface area (Å²) in [5, 5.41) is 12.2. The molecule has 2 aromatic rings. The molecule has 0 spiro atoms. The molecule has 0 radical (unpaired) electrons. The van der Waals surface area contributed by atoms with Crippen molar-refractivity contribution in [1.82, 2.24) is 9.88 Å². The molecule has 0 saturated carbocycles. The molecule has 25 heavy (non-hydrogen) atoms. The van der Waals surface area contributed by atoms with Crippen molar-refractivity contribution in [2.24, 2.45) is 11.8 Å². The Kier molecular flexibility index (Phi) is 5.52. The highest BCUT2D eigenvalue weighted by molar-refractivity contribution is 5.85. The molecule has 3 fully saturated rings. The second kappa shape index (κ2) is 7.48. The average Bonchev–Trinajstić information content (AvgIpc) is 2.66. The Morgan fingerprint density at radius 2 is 2.20 bits per heavy atom. The molecule has 0 aliphatic carbocycles. The van der Waals surface area contributed by atoms with Crippen molar-refractivity contribution in [3.63, 3.8) is 0 Å². The lowest BCUT2D eigenvalue weighted by molar-refractivity contribution is -0.0562. The maximum atomic E-state index is 11.2. The fraction of sp³-hybridized carbons (Fsp3) is 0.550. The van der Waals surface area contributed by atoms with E-state index in [1.54, 1.807) is 13.3 Å². The van der Waals surface area contributed by atoms with Crippen LogP contribution in [0.4, 0.5) is 0 Å². The fourth-order valence-electron chi connectivity index (χ4n) is 4.71. The van der Waals surface area contributed by atoms with Gasteiger partial charge < -0.3 is 9.84 Å². The lowest BCUT2D eigenvalue weighted by Crippen LogP contribution is -2.55. The van der Waals surface area contributed by atoms with Gasteiger partial charge in [-0.3, -0.25) is 9.88 Å². The average molecular weight is 363 g/mol. The van der Waals surface area contributed by atoms with Crippen LogP contribution in [-0.4, -0.2) is 41.2 Å². The quantitative estimate of drug-likeness (QED) is 0.898. The first-order valence-electron chi connectivity index (χ1n) is 9.06. The largest absolute Gasteiger partial charge is 0.497 e. The van der Waals surface area contributed by atoms with Crippen molar-refractivity contribution in [3.05, 3.63) is 36.0 Å². The standard InChI is InChI=1S/C20H26N2O2.ClH/c1-3-13-12-22-9-7-14(13)10-19(22)20(23)16-6-8-21-18-5-4-15(24-2)11-17(16)18;/h4-6,8,11,13-14,19-20,23H,3,7,9-10,12H2,1-2H3;1H/t13-,14+,19+,20+;/m1./s1. The topological polar surface area (TPSA) is 45.6 Å². The molecule has 3 saturated heterocycles. The van der Waals surface area contributed by atoms with Crippen LogP contribution in [0.1, 0.15) is 37.9 Å². The van der Waals surface area contributed by atoms with E-state index in [9.17, 15) is 5.11 Å². The summed E-state index contributed by atoms with van der Waals surface area (Å²) in [6, 6.07) is 8.07. The minimum absolute atomic E-state index is 0. The predicted octanol–water partition coefficient (Wildman–Crippen LogP) is 3.82. The van der Waals surface area contributed by atoms with E-state index in [0.717, 1.165) is 53.6 Å². The van der Waals surface area contributed by atoms with Crippen molar-refractivity contribution >= 4 is 23.3 Å². The second-order valence-corrected chi connectivity index (χ2v) is 7.24. The van der Waals surface area contributed by atoms with E-state index in [1.807, 2.05) is 24.3 Å². The number of aliphatic hydroxyl groups is 1. The normalized spacial score (nSPS) is 29.2. The van der Waals surface area contributed by atoms with Crippen molar-refractivity contribution in [1.29, 1.82) is 0 Å². The van der Waals surface area contributed by atoms with E-state index < -0.39 is 6.10 Å². The van der Waals surface area contributed by atoms with Gasteiger partial charge in [0.15, 0.2) is 0 Å². The van der Waals surface area contributed by atoms with Crippen LogP contribution in [0.3, 0.4) is 0 Å². The van der Waals surface area contributed by atoms with Crippen molar-refractivity contribution in [2.75, 3.05) is 20.2 Å². The first-order valence-corrected chi connectivity index (χ1v) is 9.06. The lowest BCUT2D eigenvalue weighted by atomic mass is 9.72. The van der Waals surface area contributed by atoms with Gasteiger partial charge in [-0.05, 0) is 61.1 Å². The Hall–Kier alpha value is -1.36. The third-order valence-electron chi connectivity index (χ3n) is 6.13. The molecule has 3 aliphatic heterocycles. The second-order valence-electron chi connectivity index (χ2n) is 7.24. The molecule has 1 unspecified atom stereocenters. The Balaban J connectivity index is 0.00000182. The van der Waals surface area contributed by atoms with Crippen molar-refractivity contribution in [3.8, 4) is 5.75 Å². The molecule has 1 aromatic heterocycles. The first kappa shape index (κ1) is 18.4. The van der Waals surface area contributed by atoms with Gasteiger partial charge >= 0.3 is 0 Å². The minimum Gasteiger partial charge on any atom is -0.497 e. The molecule has 5 heteroatoms. The minimum atomic E-state index is -0.469. The van der Waals surface area contributed by atoms with Crippen LogP contribution >= 0.6 is 12.4 Å². The zero-order valence-electron chi connectivity index (χ0n) is 14.9. The highest BCUT2D eigenvalue weighted by Crippen LogP contribution is 2.42. The maximum Gasteiger partial charge on any atom is 0.119 e. The number of aliphatic hydroxyl groups excluding tert-OH is 1. The number of benzene rings is 1. The number of nitrogens with zero attached hydrogens (tertiary/aromatic N) is 2. The number of fused-ring (bicyclic) bond motifs is 4. The summed E-state index contributed by atoms with van der Waals surface area (Å²) in [5.41, 5.74) is 1.89. The molecule has 3 aliphatic rings. The van der Waals surface area contributed by atoms with E-state index in [0.29, 0.717) is 0 Å². The van der Waals surface area contributed by atoms with Crippen LogP contribution < -0.4 is 4.74 Å². The summed E-state index contributed by atoms with van der Waals surface area (Å²) in [6.07, 6.45) is 4.97. The number of ether oxygens (including phenoxy) is 1. The highest BCUT2D eigenvalue weighted by atomic mass is 35.5. The van der Waals surface area contributed by atoms with Crippen LogP contribution in [0.5, 0.6) is 5.75 Å². The molecule has 1 aromatic carbocycles. The lowest BCUT2D eigenvalue weighted by Gasteiger charge is -2.51. The number of hydrogen-bond donors (Lipinski definition) is 1. The third-order valence-corrected chi connectivity index (χ3v) is 6.13. The fourth-order valence-corrected chi connectivity index (χ4v) is 4.71. The van der Waals surface area contributed by atoms with E-state index >= 15 is 0 Å². The Morgan fingerprint density at radius 1 is 1.36 bits per heavy atom. The van der Waals surface area contributed by atoms with Crippen LogP contribution in [0.25, 0.3) is 10.9 Å². The van der Waals surface area contributed by atoms with Crippen LogP contribution in [0, 0.1) is 11.8 Å². The van der Waals surface area contributed by atoms with Gasteiger partial charge in [0.05, 0.1) is 18.7 Å². The van der Waals surface area contributed by atoms with Crippen molar-refractivity contribution < 1.29 is 9.84 Å². The van der Waals surface area contributed by atoms with Crippen LogP contribution in [-0.2, 0) is 0 Å². The number of rotatable bonds is 4. The third kappa shape index (κ3) is 3.23. The number of hydrogen-bond acceptors (Lipinski definition) is 4. The molecule has 136 valence electrons. The number of aromatic nitrogens is 1. The molecule has 1 N–H and O–H groups in total. The van der Waals surface area contributed by atoms with Gasteiger partial charge in [-0.25, -0.2) is 0 Å². The SMILES string of the molecule is CC[C@@H]1CN2CC[C@H]1C[C@H]2[C@@H](O)c1ccnc2ccc(OC)cc12.Cl. The number of methoxy groups -OCH3 is 1. The zero-order chi connectivity index (χ0) is 16.7. The maximum absolute atomic E-state index is 11.2. The number of piperidine rings is 3. The Bertz CT molecular complexity index is 739. The van der Waals surface area contributed by atoms with E-state index in [1.165, 1.54) is 12.8 Å². The van der Waals surface area contributed by atoms with Gasteiger partial charge in [-0.15, -0.1) is 12.4 Å². The van der Waals surface area contributed by atoms with E-state index in [2.05, 4.69) is 16.8 Å². The van der Waals surface area contributed by atoms with Gasteiger partial charge in [-0.2, -0.15) is 0 Å². The van der Waals surface area contributed by atoms with Gasteiger partial charge in [0.1, 0.15) is 5.75 Å².